The lowest BCUT2D eigenvalue weighted by molar-refractivity contribution is -0.127. The molecule has 2 saturated heterocycles. The first-order valence-electron chi connectivity index (χ1n) is 11.3. The normalized spacial score (nSPS) is 26.0. The largest absolute Gasteiger partial charge is 0.493 e. The second-order valence-corrected chi connectivity index (χ2v) is 9.07. The van der Waals surface area contributed by atoms with E-state index in [1.807, 2.05) is 0 Å². The Morgan fingerprint density at radius 2 is 1.79 bits per heavy atom. The van der Waals surface area contributed by atoms with Crippen molar-refractivity contribution in [3.63, 3.8) is 0 Å². The fourth-order valence-corrected chi connectivity index (χ4v) is 5.66. The molecule has 0 amide bonds. The van der Waals surface area contributed by atoms with Gasteiger partial charge in [-0.15, -0.1) is 0 Å². The molecule has 152 valence electrons. The molecule has 2 atom stereocenters. The molecule has 2 unspecified atom stereocenters. The molecule has 0 N–H and O–H groups in total. The van der Waals surface area contributed by atoms with Crippen molar-refractivity contribution < 1.29 is 9.53 Å². The van der Waals surface area contributed by atoms with Gasteiger partial charge in [0.25, 0.3) is 0 Å². The van der Waals surface area contributed by atoms with Gasteiger partial charge in [-0.25, -0.2) is 0 Å². The van der Waals surface area contributed by atoms with E-state index in [1.165, 1.54) is 36.0 Å². The van der Waals surface area contributed by atoms with Crippen LogP contribution in [0.15, 0.2) is 48.5 Å². The van der Waals surface area contributed by atoms with Crippen molar-refractivity contribution in [3.8, 4) is 5.75 Å². The zero-order valence-electron chi connectivity index (χ0n) is 17.2. The van der Waals surface area contributed by atoms with E-state index in [2.05, 4.69) is 53.4 Å². The molecule has 0 spiro atoms. The smallest absolute Gasteiger partial charge is 0.136 e. The topological polar surface area (TPSA) is 29.5 Å². The molecule has 2 aromatic rings. The maximum Gasteiger partial charge on any atom is 0.136 e. The van der Waals surface area contributed by atoms with Gasteiger partial charge in [0.1, 0.15) is 11.5 Å². The van der Waals surface area contributed by atoms with Crippen LogP contribution in [0.1, 0.15) is 55.2 Å². The minimum absolute atomic E-state index is 0.259. The predicted molar refractivity (Wildman–Crippen MR) is 115 cm³/mol. The number of nitrogens with zero attached hydrogens (tertiary/aromatic N) is 1. The van der Waals surface area contributed by atoms with Crippen LogP contribution in [0.4, 0.5) is 0 Å². The highest BCUT2D eigenvalue weighted by Crippen LogP contribution is 2.39. The van der Waals surface area contributed by atoms with Gasteiger partial charge >= 0.3 is 0 Å². The van der Waals surface area contributed by atoms with Crippen LogP contribution in [0.5, 0.6) is 5.75 Å². The van der Waals surface area contributed by atoms with Gasteiger partial charge in [0, 0.05) is 37.4 Å². The summed E-state index contributed by atoms with van der Waals surface area (Å²) in [5, 5.41) is 0. The first-order valence-corrected chi connectivity index (χ1v) is 11.3. The van der Waals surface area contributed by atoms with Crippen LogP contribution in [0.3, 0.4) is 0 Å². The second-order valence-electron chi connectivity index (χ2n) is 9.07. The third-order valence-electron chi connectivity index (χ3n) is 7.20. The minimum Gasteiger partial charge on any atom is -0.493 e. The Morgan fingerprint density at radius 3 is 2.59 bits per heavy atom. The van der Waals surface area contributed by atoms with Crippen molar-refractivity contribution in [3.05, 3.63) is 65.2 Å². The van der Waals surface area contributed by atoms with Gasteiger partial charge in [0.2, 0.25) is 0 Å². The second kappa shape index (κ2) is 8.31. The van der Waals surface area contributed by atoms with Crippen molar-refractivity contribution >= 4 is 5.78 Å². The Kier molecular flexibility index (Phi) is 5.41. The molecule has 0 aromatic heterocycles. The van der Waals surface area contributed by atoms with E-state index in [9.17, 15) is 4.79 Å². The molecule has 3 aliphatic rings. The van der Waals surface area contributed by atoms with Crippen molar-refractivity contribution in [2.24, 2.45) is 5.92 Å². The molecular formula is C26H31NO2. The summed E-state index contributed by atoms with van der Waals surface area (Å²) in [6, 6.07) is 18.4. The summed E-state index contributed by atoms with van der Waals surface area (Å²) in [7, 11) is 0. The highest BCUT2D eigenvalue weighted by atomic mass is 16.5. The fraction of sp³-hybridized carbons (Fsp3) is 0.500. The fourth-order valence-electron chi connectivity index (χ4n) is 5.66. The molecule has 3 nitrogen and oxygen atoms in total. The molecule has 2 aromatic carbocycles. The van der Waals surface area contributed by atoms with Gasteiger partial charge in [0.15, 0.2) is 0 Å². The number of rotatable bonds is 6. The van der Waals surface area contributed by atoms with E-state index in [4.69, 9.17) is 4.74 Å². The van der Waals surface area contributed by atoms with Crippen LogP contribution in [0.25, 0.3) is 0 Å². The Hall–Kier alpha value is -2.13. The quantitative estimate of drug-likeness (QED) is 0.700. The maximum absolute atomic E-state index is 13.1. The molecule has 0 aliphatic carbocycles. The molecule has 0 radical (unpaired) electrons. The number of aryl methyl sites for hydroxylation is 1. The first kappa shape index (κ1) is 18.9. The molecule has 5 rings (SSSR count). The molecule has 3 aliphatic heterocycles. The number of Topliss-reactive ketones (excluding diaryl/α,β-unsaturated/α-hetero) is 1. The lowest BCUT2D eigenvalue weighted by atomic mass is 9.75. The van der Waals surface area contributed by atoms with Gasteiger partial charge in [-0.2, -0.15) is 0 Å². The van der Waals surface area contributed by atoms with E-state index in [-0.39, 0.29) is 5.92 Å². The average Bonchev–Trinajstić information content (AvgIpc) is 3.20. The van der Waals surface area contributed by atoms with Crippen molar-refractivity contribution in [2.75, 3.05) is 6.61 Å². The van der Waals surface area contributed by atoms with E-state index >= 15 is 0 Å². The van der Waals surface area contributed by atoms with Crippen molar-refractivity contribution in [1.29, 1.82) is 0 Å². The molecule has 0 saturated carbocycles. The Bertz CT molecular complexity index is 848. The molecule has 3 heterocycles. The van der Waals surface area contributed by atoms with E-state index in [0.29, 0.717) is 24.3 Å². The number of hydrogen-bond acceptors (Lipinski definition) is 3. The van der Waals surface area contributed by atoms with Crippen LogP contribution < -0.4 is 4.74 Å². The number of fused-ring (bicyclic) bond motifs is 3. The van der Waals surface area contributed by atoms with Crippen molar-refractivity contribution in [2.45, 2.75) is 70.0 Å². The van der Waals surface area contributed by atoms with Crippen LogP contribution in [0, 0.1) is 5.92 Å². The minimum atomic E-state index is 0.259. The summed E-state index contributed by atoms with van der Waals surface area (Å²) >= 11 is 0. The number of carbonyl (C=O) groups is 1. The van der Waals surface area contributed by atoms with Crippen LogP contribution in [-0.4, -0.2) is 29.4 Å². The Balaban J connectivity index is 1.20. The number of benzene rings is 2. The Morgan fingerprint density at radius 1 is 1.00 bits per heavy atom. The molecular weight excluding hydrogens is 358 g/mol. The van der Waals surface area contributed by atoms with Crippen molar-refractivity contribution in [1.82, 2.24) is 4.90 Å². The number of ether oxygens (including phenoxy) is 1. The van der Waals surface area contributed by atoms with Gasteiger partial charge in [-0.1, -0.05) is 48.9 Å². The van der Waals surface area contributed by atoms with Crippen LogP contribution in [0.2, 0.25) is 0 Å². The first-order chi connectivity index (χ1) is 14.3. The molecule has 2 bridgehead atoms. The van der Waals surface area contributed by atoms with Crippen LogP contribution >= 0.6 is 0 Å². The standard InChI is InChI=1S/C26H31NO2/c28-25(11-9-19-10-12-26-21(15-19)13-14-29-26)22-16-23-7-4-8-24(17-22)27(23)18-20-5-2-1-3-6-20/h1-3,5-6,10,12,15,22-24H,4,7-9,11,13-14,16-18H2. The summed E-state index contributed by atoms with van der Waals surface area (Å²) in [6.45, 7) is 1.83. The monoisotopic (exact) mass is 389 g/mol. The number of ketones is 1. The maximum atomic E-state index is 13.1. The lowest BCUT2D eigenvalue weighted by Gasteiger charge is -2.48. The average molecular weight is 390 g/mol. The number of hydrogen-bond donors (Lipinski definition) is 0. The molecule has 29 heavy (non-hydrogen) atoms. The highest BCUT2D eigenvalue weighted by molar-refractivity contribution is 5.81. The van der Waals surface area contributed by atoms with Gasteiger partial charge < -0.3 is 4.74 Å². The van der Waals surface area contributed by atoms with Gasteiger partial charge in [-0.05, 0) is 54.9 Å². The van der Waals surface area contributed by atoms with Gasteiger partial charge in [0.05, 0.1) is 6.61 Å². The lowest BCUT2D eigenvalue weighted by Crippen LogP contribution is -2.52. The van der Waals surface area contributed by atoms with Gasteiger partial charge in [-0.3, -0.25) is 9.69 Å². The zero-order valence-corrected chi connectivity index (χ0v) is 17.2. The third-order valence-corrected chi connectivity index (χ3v) is 7.20. The highest BCUT2D eigenvalue weighted by Gasteiger charge is 2.40. The Labute approximate surface area is 174 Å². The van der Waals surface area contributed by atoms with E-state index in [0.717, 1.165) is 44.6 Å². The van der Waals surface area contributed by atoms with Crippen LogP contribution in [-0.2, 0) is 24.2 Å². The zero-order chi connectivity index (χ0) is 19.6. The van der Waals surface area contributed by atoms with E-state index in [1.54, 1.807) is 0 Å². The molecule has 3 heteroatoms. The third kappa shape index (κ3) is 4.11. The predicted octanol–water partition coefficient (Wildman–Crippen LogP) is 4.96. The summed E-state index contributed by atoms with van der Waals surface area (Å²) in [5.74, 6) is 1.77. The SMILES string of the molecule is O=C(CCc1ccc2c(c1)CCO2)C1CC2CCCC(C1)N2Cc1ccccc1. The summed E-state index contributed by atoms with van der Waals surface area (Å²) in [6.07, 6.45) is 8.48. The number of piperidine rings is 2. The summed E-state index contributed by atoms with van der Waals surface area (Å²) < 4.78 is 5.60. The summed E-state index contributed by atoms with van der Waals surface area (Å²) in [4.78, 5) is 15.8. The summed E-state index contributed by atoms with van der Waals surface area (Å²) in [5.41, 5.74) is 3.98. The van der Waals surface area contributed by atoms with E-state index < -0.39 is 0 Å². The number of carbonyl (C=O) groups excluding carboxylic acids is 1. The molecule has 2 fully saturated rings.